The molecule has 0 atom stereocenters. The molecule has 0 aromatic heterocycles. The maximum Gasteiger partial charge on any atom is 0.265 e. The number of carbonyl (C=O) groups excluding carboxylic acids is 1. The molecule has 1 aromatic carbocycles. The highest BCUT2D eigenvalue weighted by Gasteiger charge is 2.21. The zero-order valence-corrected chi connectivity index (χ0v) is 11.0. The molecule has 0 radical (unpaired) electrons. The van der Waals surface area contributed by atoms with Crippen LogP contribution in [0.25, 0.3) is 0 Å². The van der Waals surface area contributed by atoms with Crippen molar-refractivity contribution in [2.24, 2.45) is 0 Å². The number of rotatable bonds is 4. The van der Waals surface area contributed by atoms with Crippen molar-refractivity contribution in [2.45, 2.75) is 4.90 Å². The van der Waals surface area contributed by atoms with Gasteiger partial charge in [0.05, 0.1) is 7.11 Å². The molecule has 0 aliphatic carbocycles. The monoisotopic (exact) mass is 274 g/mol. The van der Waals surface area contributed by atoms with Gasteiger partial charge in [-0.1, -0.05) is 4.89 Å². The predicted octanol–water partition coefficient (Wildman–Crippen LogP) is 0.0645. The lowest BCUT2D eigenvalue weighted by molar-refractivity contribution is 0.0827. The van der Waals surface area contributed by atoms with Crippen LogP contribution in [0.1, 0.15) is 10.4 Å². The number of hydrogen-bond acceptors (Lipinski definition) is 5. The Bertz CT molecular complexity index is 553. The molecule has 1 rings (SSSR count). The first-order chi connectivity index (χ1) is 8.33. The van der Waals surface area contributed by atoms with Crippen molar-refractivity contribution in [3.8, 4) is 5.75 Å². The van der Waals surface area contributed by atoms with E-state index in [-0.39, 0.29) is 22.1 Å². The molecule has 1 aromatic rings. The van der Waals surface area contributed by atoms with Crippen LogP contribution in [0.3, 0.4) is 0 Å². The van der Waals surface area contributed by atoms with E-state index in [1.807, 2.05) is 0 Å². The van der Waals surface area contributed by atoms with Crippen molar-refractivity contribution in [1.82, 2.24) is 9.79 Å². The van der Waals surface area contributed by atoms with E-state index >= 15 is 0 Å². The maximum absolute atomic E-state index is 11.7. The van der Waals surface area contributed by atoms with Crippen LogP contribution in [-0.4, -0.2) is 45.6 Å². The molecule has 0 saturated heterocycles. The zero-order chi connectivity index (χ0) is 13.9. The number of nitrogens with zero attached hydrogens (tertiary/aromatic N) is 1. The van der Waals surface area contributed by atoms with Crippen LogP contribution >= 0.6 is 0 Å². The molecule has 18 heavy (non-hydrogen) atoms. The largest absolute Gasteiger partial charge is 0.495 e. The van der Waals surface area contributed by atoms with Crippen molar-refractivity contribution in [3.05, 3.63) is 23.8 Å². The summed E-state index contributed by atoms with van der Waals surface area (Å²) >= 11 is 0. The fraction of sp³-hybridized carbons (Fsp3) is 0.300. The zero-order valence-electron chi connectivity index (χ0n) is 10.2. The van der Waals surface area contributed by atoms with Crippen molar-refractivity contribution in [3.63, 3.8) is 0 Å². The molecular formula is C10H14N2O5S. The Hall–Kier alpha value is -1.64. The smallest absolute Gasteiger partial charge is 0.265 e. The van der Waals surface area contributed by atoms with Crippen molar-refractivity contribution >= 4 is 15.9 Å². The van der Waals surface area contributed by atoms with Gasteiger partial charge in [-0.05, 0) is 18.2 Å². The van der Waals surface area contributed by atoms with Gasteiger partial charge in [0.1, 0.15) is 10.6 Å². The van der Waals surface area contributed by atoms with Gasteiger partial charge in [0.15, 0.2) is 0 Å². The van der Waals surface area contributed by atoms with E-state index in [4.69, 9.17) is 9.94 Å². The Morgan fingerprint density at radius 2 is 2.00 bits per heavy atom. The maximum atomic E-state index is 11.7. The van der Waals surface area contributed by atoms with Crippen LogP contribution in [0.4, 0.5) is 0 Å². The summed E-state index contributed by atoms with van der Waals surface area (Å²) in [5.41, 5.74) is 0.176. The summed E-state index contributed by atoms with van der Waals surface area (Å²) in [6.45, 7) is 0. The predicted molar refractivity (Wildman–Crippen MR) is 63.1 cm³/mol. The Labute approximate surface area is 105 Å². The summed E-state index contributed by atoms with van der Waals surface area (Å²) in [5.74, 6) is -0.320. The van der Waals surface area contributed by atoms with Gasteiger partial charge < -0.3 is 14.8 Å². The summed E-state index contributed by atoms with van der Waals surface area (Å²) in [4.78, 5) is 13.9. The SMILES string of the molecule is COc1ccc(C(=O)N(C)C)cc1S(=O)(=O)NO. The molecule has 100 valence electrons. The molecule has 0 unspecified atom stereocenters. The third kappa shape index (κ3) is 2.78. The molecule has 0 aliphatic heterocycles. The summed E-state index contributed by atoms with van der Waals surface area (Å²) < 4.78 is 28.0. The minimum absolute atomic E-state index is 0.0341. The summed E-state index contributed by atoms with van der Waals surface area (Å²) in [7, 11) is 0.271. The minimum Gasteiger partial charge on any atom is -0.495 e. The molecule has 0 aliphatic rings. The van der Waals surface area contributed by atoms with Gasteiger partial charge in [0.25, 0.3) is 15.9 Å². The topological polar surface area (TPSA) is 95.9 Å². The van der Waals surface area contributed by atoms with Gasteiger partial charge in [-0.25, -0.2) is 8.42 Å². The fourth-order valence-electron chi connectivity index (χ4n) is 1.33. The second-order valence-electron chi connectivity index (χ2n) is 3.66. The molecule has 0 fully saturated rings. The van der Waals surface area contributed by atoms with Gasteiger partial charge in [-0.2, -0.15) is 0 Å². The lowest BCUT2D eigenvalue weighted by Gasteiger charge is -2.13. The van der Waals surface area contributed by atoms with Crippen molar-refractivity contribution < 1.29 is 23.2 Å². The van der Waals surface area contributed by atoms with E-state index in [9.17, 15) is 13.2 Å². The highest BCUT2D eigenvalue weighted by molar-refractivity contribution is 7.89. The van der Waals surface area contributed by atoms with Gasteiger partial charge in [-0.15, -0.1) is 0 Å². The van der Waals surface area contributed by atoms with Crippen LogP contribution < -0.4 is 9.62 Å². The van der Waals surface area contributed by atoms with Crippen LogP contribution in [0.2, 0.25) is 0 Å². The third-order valence-corrected chi connectivity index (χ3v) is 3.36. The van der Waals surface area contributed by atoms with E-state index in [0.29, 0.717) is 0 Å². The standard InChI is InChI=1S/C10H14N2O5S/c1-12(2)10(13)7-4-5-8(17-3)9(6-7)18(15,16)11-14/h4-6,11,14H,1-3H3. The first-order valence-electron chi connectivity index (χ1n) is 4.89. The number of sulfonamides is 1. The Morgan fingerprint density at radius 1 is 1.39 bits per heavy atom. The molecule has 0 bridgehead atoms. The van der Waals surface area contributed by atoms with E-state index in [2.05, 4.69) is 0 Å². The van der Waals surface area contributed by atoms with Gasteiger partial charge in [0.2, 0.25) is 0 Å². The molecule has 0 saturated carbocycles. The number of benzene rings is 1. The van der Waals surface area contributed by atoms with Crippen LogP contribution in [0, 0.1) is 0 Å². The van der Waals surface area contributed by atoms with E-state index in [1.54, 1.807) is 14.1 Å². The van der Waals surface area contributed by atoms with Gasteiger partial charge in [-0.3, -0.25) is 4.79 Å². The van der Waals surface area contributed by atoms with Crippen LogP contribution in [-0.2, 0) is 10.0 Å². The number of nitrogens with one attached hydrogen (secondary N) is 1. The number of carbonyl (C=O) groups is 1. The average Bonchev–Trinajstić information content (AvgIpc) is 2.36. The summed E-state index contributed by atoms with van der Waals surface area (Å²) in [5, 5.41) is 8.62. The molecule has 0 spiro atoms. The highest BCUT2D eigenvalue weighted by atomic mass is 32.2. The molecule has 8 heteroatoms. The lowest BCUT2D eigenvalue weighted by atomic mass is 10.2. The molecular weight excluding hydrogens is 260 g/mol. The quantitative estimate of drug-likeness (QED) is 0.757. The lowest BCUT2D eigenvalue weighted by Crippen LogP contribution is -2.24. The van der Waals surface area contributed by atoms with Gasteiger partial charge >= 0.3 is 0 Å². The van der Waals surface area contributed by atoms with Crippen molar-refractivity contribution in [1.29, 1.82) is 0 Å². The van der Waals surface area contributed by atoms with Gasteiger partial charge in [0, 0.05) is 19.7 Å². The highest BCUT2D eigenvalue weighted by Crippen LogP contribution is 2.24. The number of ether oxygens (including phenoxy) is 1. The Kier molecular flexibility index (Phi) is 4.28. The molecule has 7 nitrogen and oxygen atoms in total. The van der Waals surface area contributed by atoms with Crippen LogP contribution in [0.15, 0.2) is 23.1 Å². The molecule has 0 heterocycles. The van der Waals surface area contributed by atoms with Crippen molar-refractivity contribution in [2.75, 3.05) is 21.2 Å². The Morgan fingerprint density at radius 3 is 2.44 bits per heavy atom. The van der Waals surface area contributed by atoms with Crippen LogP contribution in [0.5, 0.6) is 5.75 Å². The van der Waals surface area contributed by atoms with E-state index in [1.165, 1.54) is 29.0 Å². The fourth-order valence-corrected chi connectivity index (χ4v) is 2.12. The second-order valence-corrected chi connectivity index (χ2v) is 5.29. The number of methoxy groups -OCH3 is 1. The molecule has 2 N–H and O–H groups in total. The summed E-state index contributed by atoms with van der Waals surface area (Å²) in [6.07, 6.45) is 0. The third-order valence-electron chi connectivity index (χ3n) is 2.23. The summed E-state index contributed by atoms with van der Waals surface area (Å²) in [6, 6.07) is 3.93. The normalized spacial score (nSPS) is 11.1. The second kappa shape index (κ2) is 5.34. The number of amides is 1. The molecule has 1 amide bonds. The average molecular weight is 274 g/mol. The van der Waals surface area contributed by atoms with E-state index in [0.717, 1.165) is 6.07 Å². The first kappa shape index (κ1) is 14.4. The Balaban J connectivity index is 3.40. The first-order valence-corrected chi connectivity index (χ1v) is 6.37. The number of hydrogen-bond donors (Lipinski definition) is 2. The minimum atomic E-state index is -4.11. The van der Waals surface area contributed by atoms with E-state index < -0.39 is 10.0 Å².